The Morgan fingerprint density at radius 3 is 1.55 bits per heavy atom. The minimum absolute atomic E-state index is 0.324. The van der Waals surface area contributed by atoms with E-state index in [0.717, 1.165) is 19.3 Å². The third-order valence-electron chi connectivity index (χ3n) is 2.21. The molecule has 0 spiro atoms. The lowest BCUT2D eigenvalue weighted by Crippen LogP contribution is -2.27. The molecule has 3 nitrogen and oxygen atoms in total. The summed E-state index contributed by atoms with van der Waals surface area (Å²) in [4.78, 5) is 17.4. The van der Waals surface area contributed by atoms with Crippen LogP contribution < -0.4 is 0 Å². The molecule has 0 amide bonds. The fraction of sp³-hybridized carbons (Fsp3) is 1.00. The average molecular weight is 180 g/mol. The molecule has 11 heavy (non-hydrogen) atoms. The van der Waals surface area contributed by atoms with Crippen molar-refractivity contribution in [3.8, 4) is 0 Å². The molecule has 2 N–H and O–H groups in total. The molecule has 0 unspecified atom stereocenters. The van der Waals surface area contributed by atoms with E-state index in [1.807, 2.05) is 20.8 Å². The zero-order valence-corrected chi connectivity index (χ0v) is 8.27. The van der Waals surface area contributed by atoms with Gasteiger partial charge in [0.1, 0.15) is 0 Å². The van der Waals surface area contributed by atoms with Crippen molar-refractivity contribution in [1.29, 1.82) is 0 Å². The van der Waals surface area contributed by atoms with E-state index in [4.69, 9.17) is 14.3 Å². The summed E-state index contributed by atoms with van der Waals surface area (Å²) in [5.74, 6) is 0. The van der Waals surface area contributed by atoms with E-state index in [9.17, 15) is 0 Å². The molecule has 0 saturated heterocycles. The topological polar surface area (TPSA) is 49.7 Å². The summed E-state index contributed by atoms with van der Waals surface area (Å²) in [6.07, 6.45) is 2.46. The zero-order valence-electron chi connectivity index (χ0n) is 7.37. The smallest absolute Gasteiger partial charge is 0.327 e. The van der Waals surface area contributed by atoms with Crippen molar-refractivity contribution >= 4 is 8.60 Å². The highest BCUT2D eigenvalue weighted by molar-refractivity contribution is 7.39. The molecule has 0 aromatic carbocycles. The van der Waals surface area contributed by atoms with Gasteiger partial charge in [0, 0.05) is 0 Å². The Morgan fingerprint density at radius 1 is 1.09 bits per heavy atom. The van der Waals surface area contributed by atoms with Crippen molar-refractivity contribution in [3.63, 3.8) is 0 Å². The number of hydrogen-bond donors (Lipinski definition) is 2. The van der Waals surface area contributed by atoms with Gasteiger partial charge < -0.3 is 14.3 Å². The number of rotatable bonds is 5. The summed E-state index contributed by atoms with van der Waals surface area (Å²) in [5.41, 5.74) is -0.324. The molecule has 0 radical (unpaired) electrons. The molecule has 0 fully saturated rings. The van der Waals surface area contributed by atoms with Gasteiger partial charge in [-0.15, -0.1) is 0 Å². The molecule has 0 atom stereocenters. The van der Waals surface area contributed by atoms with Gasteiger partial charge in [-0.3, -0.25) is 0 Å². The molecule has 0 bridgehead atoms. The SMILES string of the molecule is CCC(CC)(CC)OP(O)O. The van der Waals surface area contributed by atoms with Crippen LogP contribution in [0.15, 0.2) is 0 Å². The molecule has 0 aliphatic heterocycles. The van der Waals surface area contributed by atoms with Crippen LogP contribution in [-0.4, -0.2) is 15.4 Å². The second-order valence-corrected chi connectivity index (χ2v) is 3.28. The van der Waals surface area contributed by atoms with Gasteiger partial charge in [0.15, 0.2) is 0 Å². The molecule has 68 valence electrons. The molecule has 0 aromatic rings. The molecule has 0 aliphatic carbocycles. The molecule has 0 rings (SSSR count). The van der Waals surface area contributed by atoms with E-state index >= 15 is 0 Å². The molecule has 4 heteroatoms. The Kier molecular flexibility index (Phi) is 5.19. The van der Waals surface area contributed by atoms with Gasteiger partial charge in [-0.05, 0) is 19.3 Å². The summed E-state index contributed by atoms with van der Waals surface area (Å²) in [7, 11) is -2.21. The van der Waals surface area contributed by atoms with Crippen LogP contribution in [0.5, 0.6) is 0 Å². The van der Waals surface area contributed by atoms with Gasteiger partial charge in [0.05, 0.1) is 5.60 Å². The predicted octanol–water partition coefficient (Wildman–Crippen LogP) is 2.18. The Hall–Kier alpha value is 0.310. The maximum Gasteiger partial charge on any atom is 0.327 e. The standard InChI is InChI=1S/C7H17O3P/c1-4-7(5-2,6-3)10-11(8)9/h8-9H,4-6H2,1-3H3. The van der Waals surface area contributed by atoms with Crippen LogP contribution in [-0.2, 0) is 4.52 Å². The first kappa shape index (κ1) is 11.3. The Labute approximate surface area is 69.4 Å². The summed E-state index contributed by atoms with van der Waals surface area (Å²) in [6, 6.07) is 0. The largest absolute Gasteiger partial charge is 0.328 e. The Morgan fingerprint density at radius 2 is 1.45 bits per heavy atom. The maximum atomic E-state index is 8.68. The molecular formula is C7H17O3P. The monoisotopic (exact) mass is 180 g/mol. The van der Waals surface area contributed by atoms with E-state index in [2.05, 4.69) is 0 Å². The summed E-state index contributed by atoms with van der Waals surface area (Å²) < 4.78 is 5.06. The van der Waals surface area contributed by atoms with Crippen molar-refractivity contribution in [1.82, 2.24) is 0 Å². The third kappa shape index (κ3) is 3.48. The van der Waals surface area contributed by atoms with Crippen LogP contribution in [0, 0.1) is 0 Å². The van der Waals surface area contributed by atoms with Gasteiger partial charge >= 0.3 is 8.60 Å². The average Bonchev–Trinajstić information content (AvgIpc) is 2.00. The number of hydrogen-bond acceptors (Lipinski definition) is 3. The zero-order chi connectivity index (χ0) is 8.91. The highest BCUT2D eigenvalue weighted by Crippen LogP contribution is 2.38. The molecule has 0 saturated carbocycles. The minimum Gasteiger partial charge on any atom is -0.328 e. The molecular weight excluding hydrogens is 163 g/mol. The molecule has 0 heterocycles. The van der Waals surface area contributed by atoms with Crippen molar-refractivity contribution < 1.29 is 14.3 Å². The van der Waals surface area contributed by atoms with E-state index in [1.165, 1.54) is 0 Å². The lowest BCUT2D eigenvalue weighted by Gasteiger charge is -2.30. The predicted molar refractivity (Wildman–Crippen MR) is 46.0 cm³/mol. The van der Waals surface area contributed by atoms with E-state index in [1.54, 1.807) is 0 Å². The van der Waals surface area contributed by atoms with Crippen LogP contribution in [0.1, 0.15) is 40.0 Å². The summed E-state index contributed by atoms with van der Waals surface area (Å²) in [5, 5.41) is 0. The second-order valence-electron chi connectivity index (χ2n) is 2.59. The van der Waals surface area contributed by atoms with Gasteiger partial charge in [0.2, 0.25) is 0 Å². The fourth-order valence-corrected chi connectivity index (χ4v) is 1.85. The summed E-state index contributed by atoms with van der Waals surface area (Å²) in [6.45, 7) is 5.98. The van der Waals surface area contributed by atoms with Gasteiger partial charge in [-0.1, -0.05) is 20.8 Å². The highest BCUT2D eigenvalue weighted by Gasteiger charge is 2.27. The van der Waals surface area contributed by atoms with Crippen molar-refractivity contribution in [2.75, 3.05) is 0 Å². The van der Waals surface area contributed by atoms with Crippen LogP contribution in [0.25, 0.3) is 0 Å². The first-order valence-electron chi connectivity index (χ1n) is 3.97. The Balaban J connectivity index is 4.05. The fourth-order valence-electron chi connectivity index (χ4n) is 1.12. The van der Waals surface area contributed by atoms with Crippen LogP contribution in [0.3, 0.4) is 0 Å². The van der Waals surface area contributed by atoms with Crippen molar-refractivity contribution in [3.05, 3.63) is 0 Å². The first-order valence-corrected chi connectivity index (χ1v) is 5.13. The Bertz CT molecular complexity index is 93.6. The quantitative estimate of drug-likeness (QED) is 0.637. The second kappa shape index (κ2) is 5.04. The van der Waals surface area contributed by atoms with E-state index < -0.39 is 8.60 Å². The molecule has 0 aromatic heterocycles. The highest BCUT2D eigenvalue weighted by atomic mass is 31.2. The van der Waals surface area contributed by atoms with Crippen LogP contribution >= 0.6 is 8.60 Å². The van der Waals surface area contributed by atoms with Gasteiger partial charge in [0.25, 0.3) is 0 Å². The van der Waals surface area contributed by atoms with E-state index in [-0.39, 0.29) is 5.60 Å². The lowest BCUT2D eigenvalue weighted by atomic mass is 9.95. The van der Waals surface area contributed by atoms with Gasteiger partial charge in [-0.25, -0.2) is 0 Å². The minimum atomic E-state index is -2.21. The first-order chi connectivity index (χ1) is 5.10. The van der Waals surface area contributed by atoms with Crippen LogP contribution in [0.4, 0.5) is 0 Å². The maximum absolute atomic E-state index is 8.68. The van der Waals surface area contributed by atoms with Crippen LogP contribution in [0.2, 0.25) is 0 Å². The van der Waals surface area contributed by atoms with E-state index in [0.29, 0.717) is 0 Å². The lowest BCUT2D eigenvalue weighted by molar-refractivity contribution is 0.0426. The molecule has 0 aliphatic rings. The normalized spacial score (nSPS) is 12.5. The third-order valence-corrected chi connectivity index (χ3v) is 2.76. The summed E-state index contributed by atoms with van der Waals surface area (Å²) >= 11 is 0. The van der Waals surface area contributed by atoms with Gasteiger partial charge in [-0.2, -0.15) is 0 Å². The van der Waals surface area contributed by atoms with Crippen molar-refractivity contribution in [2.45, 2.75) is 45.6 Å². The van der Waals surface area contributed by atoms with Crippen molar-refractivity contribution in [2.24, 2.45) is 0 Å².